The summed E-state index contributed by atoms with van der Waals surface area (Å²) in [6.45, 7) is 6.67. The van der Waals surface area contributed by atoms with Crippen molar-refractivity contribution in [1.82, 2.24) is 0 Å². The van der Waals surface area contributed by atoms with Crippen LogP contribution in [0.25, 0.3) is 0 Å². The molecule has 0 aromatic rings. The molecule has 0 fully saturated rings. The molecule has 1 atom stereocenters. The van der Waals surface area contributed by atoms with Crippen LogP contribution < -0.4 is 0 Å². The summed E-state index contributed by atoms with van der Waals surface area (Å²) in [4.78, 5) is 38.3. The van der Waals surface area contributed by atoms with Crippen molar-refractivity contribution in [2.75, 3.05) is 13.2 Å². The van der Waals surface area contributed by atoms with Gasteiger partial charge in [0.15, 0.2) is 6.10 Å². The Morgan fingerprint density at radius 2 is 0.442 bits per heavy atom. The lowest BCUT2D eigenvalue weighted by Gasteiger charge is -2.18. The molecule has 6 heteroatoms. The average molecular weight is 1080 g/mol. The van der Waals surface area contributed by atoms with E-state index in [1.54, 1.807) is 0 Å². The van der Waals surface area contributed by atoms with E-state index in [-0.39, 0.29) is 31.1 Å². The highest BCUT2D eigenvalue weighted by Gasteiger charge is 2.19. The van der Waals surface area contributed by atoms with Crippen LogP contribution in [-0.2, 0) is 28.6 Å². The summed E-state index contributed by atoms with van der Waals surface area (Å²) in [6.07, 6.45) is 80.8. The molecule has 0 aliphatic rings. The Bertz CT molecular complexity index is 1240. The van der Waals surface area contributed by atoms with Crippen LogP contribution in [-0.4, -0.2) is 37.2 Å². The molecule has 77 heavy (non-hydrogen) atoms. The Labute approximate surface area is 481 Å². The van der Waals surface area contributed by atoms with Crippen molar-refractivity contribution >= 4 is 17.9 Å². The van der Waals surface area contributed by atoms with Gasteiger partial charge in [0.25, 0.3) is 0 Å². The fraction of sp³-hybridized carbons (Fsp3) is 0.901. The number of unbranched alkanes of at least 4 members (excludes halogenated alkanes) is 50. The Morgan fingerprint density at radius 1 is 0.247 bits per heavy atom. The summed E-state index contributed by atoms with van der Waals surface area (Å²) in [5.41, 5.74) is 0. The van der Waals surface area contributed by atoms with E-state index in [9.17, 15) is 14.4 Å². The molecule has 0 saturated heterocycles. The second-order valence-electron chi connectivity index (χ2n) is 23.8. The normalized spacial score (nSPS) is 12.1. The molecular formula is C71H134O6. The number of rotatable bonds is 65. The van der Waals surface area contributed by atoms with Crippen molar-refractivity contribution in [3.63, 3.8) is 0 Å². The number of ether oxygens (including phenoxy) is 3. The van der Waals surface area contributed by atoms with E-state index in [0.717, 1.165) is 64.2 Å². The maximum absolute atomic E-state index is 12.9. The van der Waals surface area contributed by atoms with E-state index < -0.39 is 6.10 Å². The number of allylic oxidation sites excluding steroid dienone is 4. The van der Waals surface area contributed by atoms with Crippen LogP contribution in [0.4, 0.5) is 0 Å². The molecule has 0 aliphatic carbocycles. The number of esters is 3. The Hall–Kier alpha value is -2.11. The molecule has 0 aromatic heterocycles. The van der Waals surface area contributed by atoms with Gasteiger partial charge in [-0.05, 0) is 64.2 Å². The Balaban J connectivity index is 4.08. The molecular weight excluding hydrogens is 949 g/mol. The van der Waals surface area contributed by atoms with Gasteiger partial charge >= 0.3 is 17.9 Å². The zero-order valence-corrected chi connectivity index (χ0v) is 52.3. The summed E-state index contributed by atoms with van der Waals surface area (Å²) < 4.78 is 16.9. The van der Waals surface area contributed by atoms with E-state index in [1.807, 2.05) is 0 Å². The number of carbonyl (C=O) groups is 3. The van der Waals surface area contributed by atoms with E-state index >= 15 is 0 Å². The van der Waals surface area contributed by atoms with Gasteiger partial charge in [-0.25, -0.2) is 0 Å². The predicted octanol–water partition coefficient (Wildman–Crippen LogP) is 23.8. The van der Waals surface area contributed by atoms with Crippen LogP contribution in [0.5, 0.6) is 0 Å². The van der Waals surface area contributed by atoms with Crippen molar-refractivity contribution in [3.8, 4) is 0 Å². The smallest absolute Gasteiger partial charge is 0.306 e. The predicted molar refractivity (Wildman–Crippen MR) is 335 cm³/mol. The van der Waals surface area contributed by atoms with Crippen molar-refractivity contribution in [1.29, 1.82) is 0 Å². The average Bonchev–Trinajstić information content (AvgIpc) is 3.43. The highest BCUT2D eigenvalue weighted by molar-refractivity contribution is 5.71. The number of hydrogen-bond acceptors (Lipinski definition) is 6. The number of carbonyl (C=O) groups excluding carboxylic acids is 3. The standard InChI is InChI=1S/C71H134O6/c1-4-7-10-13-16-19-22-24-26-28-29-30-31-32-33-34-35-36-37-38-39-40-41-43-44-46-49-52-55-58-61-64-70(73)76-67-68(66-75-69(72)63-60-57-54-51-48-21-18-15-12-9-6-3)77-71(74)65-62-59-56-53-50-47-45-42-27-25-23-20-17-14-11-8-5-2/h15,18,28-29,68H,4-14,16-17,19-27,30-67H2,1-3H3/b18-15-,29-28-. The second kappa shape index (κ2) is 66.4. The van der Waals surface area contributed by atoms with Gasteiger partial charge in [-0.2, -0.15) is 0 Å². The molecule has 0 bridgehead atoms. The molecule has 0 aliphatic heterocycles. The largest absolute Gasteiger partial charge is 0.462 e. The van der Waals surface area contributed by atoms with Gasteiger partial charge in [0, 0.05) is 19.3 Å². The summed E-state index contributed by atoms with van der Waals surface area (Å²) in [6, 6.07) is 0. The molecule has 0 radical (unpaired) electrons. The molecule has 0 N–H and O–H groups in total. The third-order valence-electron chi connectivity index (χ3n) is 15.9. The molecule has 0 amide bonds. The van der Waals surface area contributed by atoms with E-state index in [2.05, 4.69) is 45.1 Å². The quantitative estimate of drug-likeness (QED) is 0.0261. The van der Waals surface area contributed by atoms with Crippen molar-refractivity contribution in [3.05, 3.63) is 24.3 Å². The van der Waals surface area contributed by atoms with Crippen LogP contribution >= 0.6 is 0 Å². The maximum Gasteiger partial charge on any atom is 0.306 e. The van der Waals surface area contributed by atoms with Crippen molar-refractivity contribution in [2.24, 2.45) is 0 Å². The Morgan fingerprint density at radius 3 is 0.688 bits per heavy atom. The lowest BCUT2D eigenvalue weighted by atomic mass is 10.0. The van der Waals surface area contributed by atoms with Gasteiger partial charge in [-0.3, -0.25) is 14.4 Å². The van der Waals surface area contributed by atoms with Gasteiger partial charge in [0.2, 0.25) is 0 Å². The molecule has 0 spiro atoms. The zero-order valence-electron chi connectivity index (χ0n) is 52.3. The highest BCUT2D eigenvalue weighted by atomic mass is 16.6. The minimum Gasteiger partial charge on any atom is -0.462 e. The monoisotopic (exact) mass is 1080 g/mol. The molecule has 6 nitrogen and oxygen atoms in total. The zero-order chi connectivity index (χ0) is 55.7. The minimum atomic E-state index is -0.770. The topological polar surface area (TPSA) is 78.9 Å². The van der Waals surface area contributed by atoms with E-state index in [1.165, 1.54) is 289 Å². The molecule has 0 heterocycles. The SMILES string of the molecule is CCCC/C=C\CCCCCCCC(=O)OCC(COC(=O)CCCCCCCCCCCCCCCCCCCCC/C=C\CCCCCCCCCC)OC(=O)CCCCCCCCCCCCCCCCCCC. The molecule has 0 aromatic carbocycles. The van der Waals surface area contributed by atoms with Gasteiger partial charge < -0.3 is 14.2 Å². The third-order valence-corrected chi connectivity index (χ3v) is 15.9. The van der Waals surface area contributed by atoms with Crippen LogP contribution in [0.1, 0.15) is 393 Å². The molecule has 454 valence electrons. The summed E-state index contributed by atoms with van der Waals surface area (Å²) in [7, 11) is 0. The lowest BCUT2D eigenvalue weighted by molar-refractivity contribution is -0.167. The summed E-state index contributed by atoms with van der Waals surface area (Å²) >= 11 is 0. The first-order valence-corrected chi connectivity index (χ1v) is 34.8. The molecule has 0 rings (SSSR count). The first-order valence-electron chi connectivity index (χ1n) is 34.8. The fourth-order valence-corrected chi connectivity index (χ4v) is 10.7. The maximum atomic E-state index is 12.9. The van der Waals surface area contributed by atoms with Gasteiger partial charge in [-0.1, -0.05) is 334 Å². The van der Waals surface area contributed by atoms with Gasteiger partial charge in [0.05, 0.1) is 0 Å². The van der Waals surface area contributed by atoms with Gasteiger partial charge in [0.1, 0.15) is 13.2 Å². The Kier molecular flexibility index (Phi) is 64.6. The molecule has 1 unspecified atom stereocenters. The fourth-order valence-electron chi connectivity index (χ4n) is 10.7. The van der Waals surface area contributed by atoms with Crippen LogP contribution in [0, 0.1) is 0 Å². The summed E-state index contributed by atoms with van der Waals surface area (Å²) in [5, 5.41) is 0. The molecule has 0 saturated carbocycles. The number of hydrogen-bond donors (Lipinski definition) is 0. The minimum absolute atomic E-state index is 0.0676. The highest BCUT2D eigenvalue weighted by Crippen LogP contribution is 2.19. The lowest BCUT2D eigenvalue weighted by Crippen LogP contribution is -2.30. The van der Waals surface area contributed by atoms with E-state index in [0.29, 0.717) is 19.3 Å². The third kappa shape index (κ3) is 64.6. The summed E-state index contributed by atoms with van der Waals surface area (Å²) in [5.74, 6) is -0.849. The van der Waals surface area contributed by atoms with Crippen LogP contribution in [0.3, 0.4) is 0 Å². The first kappa shape index (κ1) is 74.9. The van der Waals surface area contributed by atoms with Crippen LogP contribution in [0.15, 0.2) is 24.3 Å². The van der Waals surface area contributed by atoms with Crippen molar-refractivity contribution in [2.45, 2.75) is 399 Å². The second-order valence-corrected chi connectivity index (χ2v) is 23.8. The van der Waals surface area contributed by atoms with Gasteiger partial charge in [-0.15, -0.1) is 0 Å². The first-order chi connectivity index (χ1) is 38.0. The van der Waals surface area contributed by atoms with E-state index in [4.69, 9.17) is 14.2 Å². The van der Waals surface area contributed by atoms with Crippen molar-refractivity contribution < 1.29 is 28.6 Å². The van der Waals surface area contributed by atoms with Crippen LogP contribution in [0.2, 0.25) is 0 Å².